The van der Waals surface area contributed by atoms with Crippen LogP contribution in [-0.4, -0.2) is 39.4 Å². The van der Waals surface area contributed by atoms with Crippen molar-refractivity contribution in [1.82, 2.24) is 5.32 Å². The normalized spacial score (nSPS) is 10.4. The first-order valence-corrected chi connectivity index (χ1v) is 7.43. The van der Waals surface area contributed by atoms with Crippen molar-refractivity contribution in [2.45, 2.75) is 12.8 Å². The number of ether oxygens (including phenoxy) is 2. The summed E-state index contributed by atoms with van der Waals surface area (Å²) in [4.78, 5) is 11.9. The van der Waals surface area contributed by atoms with Crippen molar-refractivity contribution in [2.75, 3.05) is 33.5 Å². The van der Waals surface area contributed by atoms with Crippen molar-refractivity contribution in [1.29, 1.82) is 0 Å². The van der Waals surface area contributed by atoms with Crippen LogP contribution >= 0.6 is 22.6 Å². The number of benzene rings is 1. The fourth-order valence-corrected chi connectivity index (χ4v) is 2.15. The van der Waals surface area contributed by atoms with E-state index in [0.717, 1.165) is 22.0 Å². The summed E-state index contributed by atoms with van der Waals surface area (Å²) in [6, 6.07) is 7.57. The summed E-state index contributed by atoms with van der Waals surface area (Å²) in [6.07, 6.45) is 1.86. The molecule has 19 heavy (non-hydrogen) atoms. The Kier molecular flexibility index (Phi) is 8.77. The van der Waals surface area contributed by atoms with Gasteiger partial charge in [0.2, 0.25) is 0 Å². The molecule has 1 N–H and O–H groups in total. The smallest absolute Gasteiger partial charge is 0.252 e. The van der Waals surface area contributed by atoms with Crippen LogP contribution in [-0.2, 0) is 9.47 Å². The first-order chi connectivity index (χ1) is 9.25. The highest BCUT2D eigenvalue weighted by Crippen LogP contribution is 2.10. The van der Waals surface area contributed by atoms with Gasteiger partial charge in [0.15, 0.2) is 0 Å². The Morgan fingerprint density at radius 1 is 1.21 bits per heavy atom. The average Bonchev–Trinajstić information content (AvgIpc) is 2.42. The van der Waals surface area contributed by atoms with Gasteiger partial charge in [0.1, 0.15) is 0 Å². The monoisotopic (exact) mass is 377 g/mol. The van der Waals surface area contributed by atoms with Gasteiger partial charge in [-0.1, -0.05) is 12.1 Å². The summed E-state index contributed by atoms with van der Waals surface area (Å²) in [5.41, 5.74) is 0.736. The van der Waals surface area contributed by atoms with Gasteiger partial charge >= 0.3 is 0 Å². The van der Waals surface area contributed by atoms with Gasteiger partial charge in [0, 0.05) is 23.8 Å². The number of hydrogen-bond acceptors (Lipinski definition) is 3. The molecule has 5 heteroatoms. The Morgan fingerprint density at radius 2 is 2.00 bits per heavy atom. The second-order valence-corrected chi connectivity index (χ2v) is 5.21. The molecule has 0 saturated carbocycles. The molecule has 0 saturated heterocycles. The lowest BCUT2D eigenvalue weighted by molar-refractivity contribution is 0.0686. The topological polar surface area (TPSA) is 47.6 Å². The molecule has 0 bridgehead atoms. The molecule has 0 aliphatic heterocycles. The van der Waals surface area contributed by atoms with Gasteiger partial charge in [0.05, 0.1) is 18.8 Å². The molecular formula is C14H20INO3. The quantitative estimate of drug-likeness (QED) is 0.531. The molecule has 0 radical (unpaired) electrons. The molecule has 0 unspecified atom stereocenters. The van der Waals surface area contributed by atoms with Gasteiger partial charge < -0.3 is 14.8 Å². The van der Waals surface area contributed by atoms with Crippen LogP contribution in [0.15, 0.2) is 24.3 Å². The minimum absolute atomic E-state index is 0.00898. The van der Waals surface area contributed by atoms with Gasteiger partial charge in [0.25, 0.3) is 5.91 Å². The fraction of sp³-hybridized carbons (Fsp3) is 0.500. The number of nitrogens with one attached hydrogen (secondary N) is 1. The van der Waals surface area contributed by atoms with Crippen molar-refractivity contribution in [3.05, 3.63) is 33.4 Å². The Balaban J connectivity index is 2.10. The first kappa shape index (κ1) is 16.4. The van der Waals surface area contributed by atoms with Crippen LogP contribution in [0, 0.1) is 3.57 Å². The molecule has 0 heterocycles. The predicted molar refractivity (Wildman–Crippen MR) is 83.4 cm³/mol. The van der Waals surface area contributed by atoms with E-state index in [-0.39, 0.29) is 5.91 Å². The number of amides is 1. The molecular weight excluding hydrogens is 357 g/mol. The Labute approximate surface area is 128 Å². The van der Waals surface area contributed by atoms with Crippen LogP contribution in [0.2, 0.25) is 0 Å². The zero-order valence-corrected chi connectivity index (χ0v) is 13.3. The minimum atomic E-state index is -0.00898. The van der Waals surface area contributed by atoms with Crippen molar-refractivity contribution in [3.8, 4) is 0 Å². The van der Waals surface area contributed by atoms with Crippen LogP contribution < -0.4 is 5.32 Å². The molecule has 1 aromatic rings. The van der Waals surface area contributed by atoms with Gasteiger partial charge in [-0.05, 0) is 47.6 Å². The van der Waals surface area contributed by atoms with Gasteiger partial charge in [-0.3, -0.25) is 4.79 Å². The van der Waals surface area contributed by atoms with E-state index in [1.807, 2.05) is 24.3 Å². The summed E-state index contributed by atoms with van der Waals surface area (Å²) in [6.45, 7) is 2.65. The number of rotatable bonds is 9. The van der Waals surface area contributed by atoms with Crippen LogP contribution in [0.3, 0.4) is 0 Å². The van der Waals surface area contributed by atoms with E-state index in [9.17, 15) is 4.79 Å². The Hall–Kier alpha value is -0.660. The van der Waals surface area contributed by atoms with Crippen molar-refractivity contribution in [3.63, 3.8) is 0 Å². The van der Waals surface area contributed by atoms with Crippen molar-refractivity contribution >= 4 is 28.5 Å². The number of halogens is 1. The molecule has 1 aromatic carbocycles. The molecule has 4 nitrogen and oxygen atoms in total. The maximum atomic E-state index is 11.9. The third kappa shape index (κ3) is 6.89. The molecule has 0 aliphatic carbocycles. The first-order valence-electron chi connectivity index (χ1n) is 6.35. The lowest BCUT2D eigenvalue weighted by Crippen LogP contribution is -2.25. The summed E-state index contributed by atoms with van der Waals surface area (Å²) >= 11 is 2.17. The van der Waals surface area contributed by atoms with Gasteiger partial charge in [-0.2, -0.15) is 0 Å². The minimum Gasteiger partial charge on any atom is -0.382 e. The van der Waals surface area contributed by atoms with E-state index in [1.54, 1.807) is 7.11 Å². The van der Waals surface area contributed by atoms with Crippen LogP contribution in [0.4, 0.5) is 0 Å². The van der Waals surface area contributed by atoms with Gasteiger partial charge in [-0.25, -0.2) is 0 Å². The van der Waals surface area contributed by atoms with E-state index in [0.29, 0.717) is 26.4 Å². The van der Waals surface area contributed by atoms with E-state index in [4.69, 9.17) is 9.47 Å². The second-order valence-electron chi connectivity index (χ2n) is 4.05. The standard InChI is InChI=1S/C14H20INO3/c1-18-10-11-19-9-5-4-8-16-14(17)12-6-2-3-7-13(12)15/h2-3,6-7H,4-5,8-11H2,1H3,(H,16,17). The van der Waals surface area contributed by atoms with Gasteiger partial charge in [-0.15, -0.1) is 0 Å². The highest BCUT2D eigenvalue weighted by molar-refractivity contribution is 14.1. The number of methoxy groups -OCH3 is 1. The average molecular weight is 377 g/mol. The third-order valence-electron chi connectivity index (χ3n) is 2.55. The number of carbonyl (C=O) groups is 1. The van der Waals surface area contributed by atoms with E-state index < -0.39 is 0 Å². The van der Waals surface area contributed by atoms with Crippen molar-refractivity contribution < 1.29 is 14.3 Å². The molecule has 0 aromatic heterocycles. The number of unbranched alkanes of at least 4 members (excludes halogenated alkanes) is 1. The molecule has 0 aliphatic rings. The summed E-state index contributed by atoms with van der Waals surface area (Å²) in [5.74, 6) is -0.00898. The lowest BCUT2D eigenvalue weighted by Gasteiger charge is -2.07. The maximum absolute atomic E-state index is 11.9. The molecule has 0 atom stereocenters. The molecule has 0 spiro atoms. The third-order valence-corrected chi connectivity index (χ3v) is 3.49. The van der Waals surface area contributed by atoms with Crippen molar-refractivity contribution in [2.24, 2.45) is 0 Å². The zero-order chi connectivity index (χ0) is 13.9. The second kappa shape index (κ2) is 10.2. The van der Waals surface area contributed by atoms with Crippen LogP contribution in [0.1, 0.15) is 23.2 Å². The van der Waals surface area contributed by atoms with E-state index >= 15 is 0 Å². The molecule has 0 fully saturated rings. The Bertz CT molecular complexity index is 385. The highest BCUT2D eigenvalue weighted by atomic mass is 127. The maximum Gasteiger partial charge on any atom is 0.252 e. The van der Waals surface area contributed by atoms with Crippen LogP contribution in [0.25, 0.3) is 0 Å². The largest absolute Gasteiger partial charge is 0.382 e. The summed E-state index contributed by atoms with van der Waals surface area (Å²) in [5, 5.41) is 2.92. The highest BCUT2D eigenvalue weighted by Gasteiger charge is 2.07. The van der Waals surface area contributed by atoms with E-state index in [1.165, 1.54) is 0 Å². The fourth-order valence-electron chi connectivity index (χ4n) is 1.52. The van der Waals surface area contributed by atoms with E-state index in [2.05, 4.69) is 27.9 Å². The number of carbonyl (C=O) groups excluding carboxylic acids is 1. The Morgan fingerprint density at radius 3 is 2.74 bits per heavy atom. The SMILES string of the molecule is COCCOCCCCNC(=O)c1ccccc1I. The van der Waals surface area contributed by atoms with Crippen LogP contribution in [0.5, 0.6) is 0 Å². The lowest BCUT2D eigenvalue weighted by atomic mass is 10.2. The molecule has 1 amide bonds. The zero-order valence-electron chi connectivity index (χ0n) is 11.2. The predicted octanol–water partition coefficient (Wildman–Crippen LogP) is 2.46. The molecule has 106 valence electrons. The molecule has 1 rings (SSSR count). The number of hydrogen-bond donors (Lipinski definition) is 1. The summed E-state index contributed by atoms with van der Waals surface area (Å²) in [7, 11) is 1.66. The summed E-state index contributed by atoms with van der Waals surface area (Å²) < 4.78 is 11.2.